The van der Waals surface area contributed by atoms with E-state index in [0.29, 0.717) is 17.6 Å². The van der Waals surface area contributed by atoms with E-state index in [0.717, 1.165) is 23.7 Å². The van der Waals surface area contributed by atoms with Gasteiger partial charge in [0, 0.05) is 17.5 Å². The van der Waals surface area contributed by atoms with Crippen LogP contribution in [0.25, 0.3) is 0 Å². The number of carbonyl (C=O) groups is 1. The number of nitrogens with zero attached hydrogens (tertiary/aromatic N) is 2. The van der Waals surface area contributed by atoms with Gasteiger partial charge >= 0.3 is 0 Å². The quantitative estimate of drug-likeness (QED) is 0.870. The molecule has 0 bridgehead atoms. The third-order valence-electron chi connectivity index (χ3n) is 3.69. The fourth-order valence-electron chi connectivity index (χ4n) is 2.46. The van der Waals surface area contributed by atoms with Crippen molar-refractivity contribution in [1.82, 2.24) is 15.2 Å². The standard InChI is InChI=1S/C13H22N4OS/c1-9-11(19-13(14)16-9)7-12(18)15-8-10-5-3-4-6-17(10)2/h10H,3-8H2,1-2H3,(H2,14,16)(H,15,18)/t10-/m0/s1. The third kappa shape index (κ3) is 3.91. The summed E-state index contributed by atoms with van der Waals surface area (Å²) in [4.78, 5) is 19.4. The van der Waals surface area contributed by atoms with E-state index >= 15 is 0 Å². The zero-order valence-electron chi connectivity index (χ0n) is 11.6. The predicted molar refractivity (Wildman–Crippen MR) is 78.2 cm³/mol. The number of hydrogen-bond acceptors (Lipinski definition) is 5. The first-order valence-electron chi connectivity index (χ1n) is 6.75. The lowest BCUT2D eigenvalue weighted by molar-refractivity contribution is -0.120. The molecule has 5 nitrogen and oxygen atoms in total. The van der Waals surface area contributed by atoms with Gasteiger partial charge in [-0.1, -0.05) is 6.42 Å². The molecule has 1 atom stereocenters. The monoisotopic (exact) mass is 282 g/mol. The zero-order valence-corrected chi connectivity index (χ0v) is 12.4. The lowest BCUT2D eigenvalue weighted by Gasteiger charge is -2.32. The fraction of sp³-hybridized carbons (Fsp3) is 0.692. The molecule has 2 rings (SSSR count). The van der Waals surface area contributed by atoms with Crippen LogP contribution in [0.3, 0.4) is 0 Å². The third-order valence-corrected chi connectivity index (χ3v) is 4.67. The van der Waals surface area contributed by atoms with Crippen molar-refractivity contribution in [3.05, 3.63) is 10.6 Å². The summed E-state index contributed by atoms with van der Waals surface area (Å²) in [5.74, 6) is 0.0609. The lowest BCUT2D eigenvalue weighted by Crippen LogP contribution is -2.44. The Hall–Kier alpha value is -1.14. The normalized spacial score (nSPS) is 20.4. The highest BCUT2D eigenvalue weighted by Crippen LogP contribution is 2.20. The number of likely N-dealkylation sites (tertiary alicyclic amines) is 1. The summed E-state index contributed by atoms with van der Waals surface area (Å²) < 4.78 is 0. The van der Waals surface area contributed by atoms with Gasteiger partial charge in [-0.25, -0.2) is 4.98 Å². The number of hydrogen-bond donors (Lipinski definition) is 2. The number of nitrogens with one attached hydrogen (secondary N) is 1. The maximum atomic E-state index is 11.9. The molecule has 1 aliphatic rings. The van der Waals surface area contributed by atoms with Crippen LogP contribution in [-0.2, 0) is 11.2 Å². The number of nitrogens with two attached hydrogens (primary N) is 1. The molecule has 0 aliphatic carbocycles. The Kier molecular flexibility index (Phi) is 4.76. The molecule has 19 heavy (non-hydrogen) atoms. The molecular weight excluding hydrogens is 260 g/mol. The maximum absolute atomic E-state index is 11.9. The molecule has 2 heterocycles. The molecule has 1 aromatic rings. The van der Waals surface area contributed by atoms with Gasteiger partial charge in [-0.05, 0) is 33.4 Å². The van der Waals surface area contributed by atoms with Crippen LogP contribution in [0.1, 0.15) is 29.8 Å². The minimum absolute atomic E-state index is 0.0609. The van der Waals surface area contributed by atoms with Crippen molar-refractivity contribution >= 4 is 22.4 Å². The number of anilines is 1. The van der Waals surface area contributed by atoms with Crippen molar-refractivity contribution in [2.75, 3.05) is 25.9 Å². The highest BCUT2D eigenvalue weighted by molar-refractivity contribution is 7.15. The number of nitrogen functional groups attached to an aromatic ring is 1. The van der Waals surface area contributed by atoms with E-state index in [9.17, 15) is 4.79 Å². The van der Waals surface area contributed by atoms with Gasteiger partial charge < -0.3 is 16.0 Å². The first-order valence-corrected chi connectivity index (χ1v) is 7.56. The van der Waals surface area contributed by atoms with Gasteiger partial charge in [-0.15, -0.1) is 11.3 Å². The van der Waals surface area contributed by atoms with Crippen LogP contribution < -0.4 is 11.1 Å². The number of rotatable bonds is 4. The number of likely N-dealkylation sites (N-methyl/N-ethyl adjacent to an activating group) is 1. The average molecular weight is 282 g/mol. The number of piperidine rings is 1. The van der Waals surface area contributed by atoms with Crippen LogP contribution in [0, 0.1) is 6.92 Å². The van der Waals surface area contributed by atoms with E-state index in [2.05, 4.69) is 22.2 Å². The van der Waals surface area contributed by atoms with Crippen molar-refractivity contribution < 1.29 is 4.79 Å². The Balaban J connectivity index is 1.79. The second-order valence-electron chi connectivity index (χ2n) is 5.17. The molecule has 1 fully saturated rings. The Labute approximate surface area is 118 Å². The fourth-order valence-corrected chi connectivity index (χ4v) is 3.29. The van der Waals surface area contributed by atoms with Crippen molar-refractivity contribution in [3.8, 4) is 0 Å². The first-order chi connectivity index (χ1) is 9.06. The zero-order chi connectivity index (χ0) is 13.8. The molecule has 1 amide bonds. The Morgan fingerprint density at radius 1 is 1.58 bits per heavy atom. The summed E-state index contributed by atoms with van der Waals surface area (Å²) >= 11 is 1.40. The van der Waals surface area contributed by atoms with Gasteiger partial charge in [0.2, 0.25) is 5.91 Å². The van der Waals surface area contributed by atoms with E-state index in [1.165, 1.54) is 30.6 Å². The minimum Gasteiger partial charge on any atom is -0.375 e. The minimum atomic E-state index is 0.0609. The molecule has 6 heteroatoms. The molecule has 3 N–H and O–H groups in total. The number of carbonyl (C=O) groups excluding carboxylic acids is 1. The van der Waals surface area contributed by atoms with Crippen LogP contribution in [0.4, 0.5) is 5.13 Å². The Morgan fingerprint density at radius 3 is 3.00 bits per heavy atom. The molecule has 0 spiro atoms. The van der Waals surface area contributed by atoms with E-state index < -0.39 is 0 Å². The van der Waals surface area contributed by atoms with E-state index in [4.69, 9.17) is 5.73 Å². The maximum Gasteiger partial charge on any atom is 0.225 e. The van der Waals surface area contributed by atoms with Gasteiger partial charge in [0.25, 0.3) is 0 Å². The van der Waals surface area contributed by atoms with Crippen LogP contribution in [0.5, 0.6) is 0 Å². The highest BCUT2D eigenvalue weighted by atomic mass is 32.1. The van der Waals surface area contributed by atoms with Crippen molar-refractivity contribution in [2.24, 2.45) is 0 Å². The predicted octanol–water partition coefficient (Wildman–Crippen LogP) is 1.18. The van der Waals surface area contributed by atoms with Crippen molar-refractivity contribution in [2.45, 2.75) is 38.6 Å². The summed E-state index contributed by atoms with van der Waals surface area (Å²) in [6.45, 7) is 3.76. The SMILES string of the molecule is Cc1nc(N)sc1CC(=O)NC[C@@H]1CCCCN1C. The second kappa shape index (κ2) is 6.34. The van der Waals surface area contributed by atoms with Gasteiger partial charge in [0.15, 0.2) is 5.13 Å². The molecule has 1 saturated heterocycles. The van der Waals surface area contributed by atoms with Gasteiger partial charge in [0.05, 0.1) is 12.1 Å². The molecule has 1 aromatic heterocycles. The number of aromatic nitrogens is 1. The molecule has 0 saturated carbocycles. The van der Waals surface area contributed by atoms with Gasteiger partial charge in [0.1, 0.15) is 0 Å². The topological polar surface area (TPSA) is 71.2 Å². The van der Waals surface area contributed by atoms with Crippen LogP contribution in [0.15, 0.2) is 0 Å². The average Bonchev–Trinajstić information content (AvgIpc) is 2.67. The van der Waals surface area contributed by atoms with E-state index in [1.54, 1.807) is 0 Å². The summed E-state index contributed by atoms with van der Waals surface area (Å²) in [5, 5.41) is 3.56. The van der Waals surface area contributed by atoms with E-state index in [-0.39, 0.29) is 5.91 Å². The number of thiazole rings is 1. The molecule has 1 aliphatic heterocycles. The number of aryl methyl sites for hydroxylation is 1. The Morgan fingerprint density at radius 2 is 2.37 bits per heavy atom. The van der Waals surface area contributed by atoms with Crippen LogP contribution >= 0.6 is 11.3 Å². The first kappa shape index (κ1) is 14.3. The smallest absolute Gasteiger partial charge is 0.225 e. The molecule has 0 radical (unpaired) electrons. The summed E-state index contributed by atoms with van der Waals surface area (Å²) in [6, 6.07) is 0.477. The summed E-state index contributed by atoms with van der Waals surface area (Å²) in [5.41, 5.74) is 6.50. The van der Waals surface area contributed by atoms with Gasteiger partial charge in [-0.3, -0.25) is 4.79 Å². The molecule has 0 unspecified atom stereocenters. The van der Waals surface area contributed by atoms with Crippen LogP contribution in [0.2, 0.25) is 0 Å². The van der Waals surface area contributed by atoms with E-state index in [1.807, 2.05) is 6.92 Å². The van der Waals surface area contributed by atoms with Gasteiger partial charge in [-0.2, -0.15) is 0 Å². The highest BCUT2D eigenvalue weighted by Gasteiger charge is 2.19. The molecular formula is C13H22N4OS. The summed E-state index contributed by atoms with van der Waals surface area (Å²) in [6.07, 6.45) is 4.08. The largest absolute Gasteiger partial charge is 0.375 e. The molecule has 0 aromatic carbocycles. The van der Waals surface area contributed by atoms with Crippen molar-refractivity contribution in [3.63, 3.8) is 0 Å². The Bertz CT molecular complexity index is 446. The van der Waals surface area contributed by atoms with Crippen molar-refractivity contribution in [1.29, 1.82) is 0 Å². The second-order valence-corrected chi connectivity index (χ2v) is 6.29. The number of amides is 1. The lowest BCUT2D eigenvalue weighted by atomic mass is 10.0. The van der Waals surface area contributed by atoms with Crippen LogP contribution in [-0.4, -0.2) is 42.0 Å². The molecule has 106 valence electrons. The summed E-state index contributed by atoms with van der Waals surface area (Å²) in [7, 11) is 2.13.